The summed E-state index contributed by atoms with van der Waals surface area (Å²) in [7, 11) is 0. The topological polar surface area (TPSA) is 84.1 Å². The van der Waals surface area contributed by atoms with Gasteiger partial charge >= 0.3 is 0 Å². The summed E-state index contributed by atoms with van der Waals surface area (Å²) >= 11 is 0. The van der Waals surface area contributed by atoms with Gasteiger partial charge in [0.2, 0.25) is 0 Å². The number of aliphatic hydroxyl groups excluding tert-OH is 1. The van der Waals surface area contributed by atoms with Crippen LogP contribution in [0.5, 0.6) is 0 Å². The third-order valence-corrected chi connectivity index (χ3v) is 2.91. The standard InChI is InChI=1S/C14H18N4O/c1-2-12(9-19)17-14-8-16-7-13(18-14)10-3-5-11(15)6-4-10/h3-8,12,19H,2,9,15H2,1H3,(H,17,18). The molecule has 0 aliphatic rings. The highest BCUT2D eigenvalue weighted by atomic mass is 16.3. The van der Waals surface area contributed by atoms with Crippen LogP contribution in [0.25, 0.3) is 11.3 Å². The lowest BCUT2D eigenvalue weighted by molar-refractivity contribution is 0.271. The molecule has 0 aliphatic heterocycles. The Morgan fingerprint density at radius 1 is 1.26 bits per heavy atom. The molecule has 0 amide bonds. The lowest BCUT2D eigenvalue weighted by Gasteiger charge is -2.14. The molecule has 0 radical (unpaired) electrons. The molecule has 2 rings (SSSR count). The summed E-state index contributed by atoms with van der Waals surface area (Å²) in [5.41, 5.74) is 8.12. The third kappa shape index (κ3) is 3.42. The van der Waals surface area contributed by atoms with Crippen LogP contribution in [0.15, 0.2) is 36.7 Å². The fourth-order valence-electron chi connectivity index (χ4n) is 1.71. The van der Waals surface area contributed by atoms with Crippen LogP contribution in [0, 0.1) is 0 Å². The van der Waals surface area contributed by atoms with Gasteiger partial charge in [-0.3, -0.25) is 4.98 Å². The molecule has 5 heteroatoms. The first-order valence-corrected chi connectivity index (χ1v) is 6.28. The molecular formula is C14H18N4O. The lowest BCUT2D eigenvalue weighted by atomic mass is 10.1. The van der Waals surface area contributed by atoms with Gasteiger partial charge < -0.3 is 16.2 Å². The molecule has 1 atom stereocenters. The van der Waals surface area contributed by atoms with E-state index in [4.69, 9.17) is 5.73 Å². The zero-order valence-corrected chi connectivity index (χ0v) is 10.9. The normalized spacial score (nSPS) is 12.1. The quantitative estimate of drug-likeness (QED) is 0.713. The van der Waals surface area contributed by atoms with Gasteiger partial charge in [0.05, 0.1) is 30.7 Å². The van der Waals surface area contributed by atoms with Crippen molar-refractivity contribution in [3.05, 3.63) is 36.7 Å². The SMILES string of the molecule is CCC(CO)Nc1cncc(-c2ccc(N)cc2)n1. The number of nitrogens with one attached hydrogen (secondary N) is 1. The number of anilines is 2. The van der Waals surface area contributed by atoms with Gasteiger partial charge in [-0.1, -0.05) is 19.1 Å². The van der Waals surface area contributed by atoms with Crippen LogP contribution in [-0.2, 0) is 0 Å². The second kappa shape index (κ2) is 6.15. The number of hydrogen-bond acceptors (Lipinski definition) is 5. The van der Waals surface area contributed by atoms with Crippen LogP contribution >= 0.6 is 0 Å². The second-order valence-corrected chi connectivity index (χ2v) is 4.34. The summed E-state index contributed by atoms with van der Waals surface area (Å²) in [6.07, 6.45) is 4.18. The molecule has 100 valence electrons. The van der Waals surface area contributed by atoms with Crippen LogP contribution in [0.2, 0.25) is 0 Å². The van der Waals surface area contributed by atoms with Gasteiger partial charge in [-0.25, -0.2) is 4.98 Å². The predicted octanol–water partition coefficient (Wildman–Crippen LogP) is 1.91. The van der Waals surface area contributed by atoms with Crippen LogP contribution in [-0.4, -0.2) is 27.7 Å². The maximum Gasteiger partial charge on any atom is 0.145 e. The summed E-state index contributed by atoms with van der Waals surface area (Å²) in [5, 5.41) is 12.3. The molecule has 0 bridgehead atoms. The van der Waals surface area contributed by atoms with Gasteiger partial charge in [-0.15, -0.1) is 0 Å². The molecule has 1 aromatic carbocycles. The van der Waals surface area contributed by atoms with Crippen molar-refractivity contribution in [1.82, 2.24) is 9.97 Å². The van der Waals surface area contributed by atoms with Gasteiger partial charge in [0.25, 0.3) is 0 Å². The Labute approximate surface area is 112 Å². The number of nitrogens with zero attached hydrogens (tertiary/aromatic N) is 2. The van der Waals surface area contributed by atoms with Gasteiger partial charge in [0, 0.05) is 11.3 Å². The van der Waals surface area contributed by atoms with E-state index >= 15 is 0 Å². The Hall–Kier alpha value is -2.14. The number of aliphatic hydroxyl groups is 1. The van der Waals surface area contributed by atoms with Crippen LogP contribution in [0.4, 0.5) is 11.5 Å². The van der Waals surface area contributed by atoms with E-state index in [2.05, 4.69) is 15.3 Å². The summed E-state index contributed by atoms with van der Waals surface area (Å²) in [5.74, 6) is 0.662. The molecule has 5 nitrogen and oxygen atoms in total. The summed E-state index contributed by atoms with van der Waals surface area (Å²) in [6.45, 7) is 2.08. The average molecular weight is 258 g/mol. The van der Waals surface area contributed by atoms with Crippen molar-refractivity contribution in [2.75, 3.05) is 17.7 Å². The van der Waals surface area contributed by atoms with Crippen LogP contribution in [0.3, 0.4) is 0 Å². The number of nitrogen functional groups attached to an aromatic ring is 1. The minimum absolute atomic E-state index is 0.00373. The fourth-order valence-corrected chi connectivity index (χ4v) is 1.71. The summed E-state index contributed by atoms with van der Waals surface area (Å²) < 4.78 is 0. The van der Waals surface area contributed by atoms with Crippen molar-refractivity contribution >= 4 is 11.5 Å². The first kappa shape index (κ1) is 13.3. The zero-order chi connectivity index (χ0) is 13.7. The zero-order valence-electron chi connectivity index (χ0n) is 10.9. The molecule has 2 aromatic rings. The number of benzene rings is 1. The molecule has 19 heavy (non-hydrogen) atoms. The van der Waals surface area contributed by atoms with Gasteiger partial charge in [0.1, 0.15) is 5.82 Å². The molecule has 0 fully saturated rings. The molecule has 1 aromatic heterocycles. The van der Waals surface area contributed by atoms with Gasteiger partial charge in [-0.2, -0.15) is 0 Å². The molecule has 4 N–H and O–H groups in total. The number of rotatable bonds is 5. The number of hydrogen-bond donors (Lipinski definition) is 3. The van der Waals surface area contributed by atoms with Crippen molar-refractivity contribution < 1.29 is 5.11 Å². The largest absolute Gasteiger partial charge is 0.399 e. The predicted molar refractivity (Wildman–Crippen MR) is 76.7 cm³/mol. The second-order valence-electron chi connectivity index (χ2n) is 4.34. The Morgan fingerprint density at radius 3 is 2.63 bits per heavy atom. The monoisotopic (exact) mass is 258 g/mol. The molecule has 0 spiro atoms. The van der Waals surface area contributed by atoms with E-state index in [1.807, 2.05) is 31.2 Å². The molecule has 0 saturated carbocycles. The molecule has 0 saturated heterocycles. The van der Waals surface area contributed by atoms with Crippen LogP contribution < -0.4 is 11.1 Å². The van der Waals surface area contributed by atoms with E-state index < -0.39 is 0 Å². The van der Waals surface area contributed by atoms with E-state index in [0.717, 1.165) is 23.4 Å². The Kier molecular flexibility index (Phi) is 4.30. The number of nitrogens with two attached hydrogens (primary N) is 1. The Bertz CT molecular complexity index is 523. The first-order valence-electron chi connectivity index (χ1n) is 6.28. The van der Waals surface area contributed by atoms with Crippen molar-refractivity contribution in [3.8, 4) is 11.3 Å². The average Bonchev–Trinajstić information content (AvgIpc) is 2.46. The summed E-state index contributed by atoms with van der Waals surface area (Å²) in [4.78, 5) is 8.65. The molecular weight excluding hydrogens is 240 g/mol. The maximum absolute atomic E-state index is 9.18. The first-order chi connectivity index (χ1) is 9.22. The highest BCUT2D eigenvalue weighted by Gasteiger charge is 2.07. The van der Waals surface area contributed by atoms with Crippen molar-refractivity contribution in [1.29, 1.82) is 0 Å². The lowest BCUT2D eigenvalue weighted by Crippen LogP contribution is -2.23. The maximum atomic E-state index is 9.18. The Balaban J connectivity index is 2.21. The van der Waals surface area contributed by atoms with Crippen molar-refractivity contribution in [2.45, 2.75) is 19.4 Å². The summed E-state index contributed by atoms with van der Waals surface area (Å²) in [6, 6.07) is 7.48. The molecule has 0 aliphatic carbocycles. The smallest absolute Gasteiger partial charge is 0.145 e. The van der Waals surface area contributed by atoms with Crippen molar-refractivity contribution in [3.63, 3.8) is 0 Å². The van der Waals surface area contributed by atoms with Gasteiger partial charge in [-0.05, 0) is 18.6 Å². The van der Waals surface area contributed by atoms with E-state index in [1.165, 1.54) is 0 Å². The third-order valence-electron chi connectivity index (χ3n) is 2.91. The molecule has 1 heterocycles. The number of aromatic nitrogens is 2. The fraction of sp³-hybridized carbons (Fsp3) is 0.286. The Morgan fingerprint density at radius 2 is 2.00 bits per heavy atom. The highest BCUT2D eigenvalue weighted by molar-refractivity contribution is 5.62. The van der Waals surface area contributed by atoms with E-state index in [1.54, 1.807) is 12.4 Å². The minimum Gasteiger partial charge on any atom is -0.399 e. The van der Waals surface area contributed by atoms with Crippen molar-refractivity contribution in [2.24, 2.45) is 0 Å². The van der Waals surface area contributed by atoms with Crippen LogP contribution in [0.1, 0.15) is 13.3 Å². The molecule has 1 unspecified atom stereocenters. The van der Waals surface area contributed by atoms with E-state index in [0.29, 0.717) is 5.82 Å². The van der Waals surface area contributed by atoms with Gasteiger partial charge in [0.15, 0.2) is 0 Å². The minimum atomic E-state index is -0.00373. The highest BCUT2D eigenvalue weighted by Crippen LogP contribution is 2.19. The van der Waals surface area contributed by atoms with E-state index in [-0.39, 0.29) is 12.6 Å². The van der Waals surface area contributed by atoms with E-state index in [9.17, 15) is 5.11 Å².